The number of aromatic nitrogens is 4. The third-order valence-electron chi connectivity index (χ3n) is 6.47. The van der Waals surface area contributed by atoms with Gasteiger partial charge in [-0.3, -0.25) is 4.57 Å². The Hall–Kier alpha value is -3.59. The minimum atomic E-state index is -2.75. The van der Waals surface area contributed by atoms with Crippen molar-refractivity contribution in [1.29, 1.82) is 0 Å². The summed E-state index contributed by atoms with van der Waals surface area (Å²) in [7, 11) is 0. The van der Waals surface area contributed by atoms with E-state index in [0.29, 0.717) is 54.9 Å². The Balaban J connectivity index is 1.48. The highest BCUT2D eigenvalue weighted by molar-refractivity contribution is 5.78. The number of morpholine rings is 1. The van der Waals surface area contributed by atoms with E-state index in [4.69, 9.17) is 14.7 Å². The molecule has 1 aliphatic heterocycles. The molecule has 1 N–H and O–H groups in total. The van der Waals surface area contributed by atoms with Crippen LogP contribution in [0.4, 0.5) is 20.5 Å². The van der Waals surface area contributed by atoms with E-state index in [1.54, 1.807) is 24.3 Å². The van der Waals surface area contributed by atoms with Gasteiger partial charge in [0.25, 0.3) is 6.43 Å². The molecule has 4 aromatic rings. The van der Waals surface area contributed by atoms with Crippen LogP contribution in [-0.4, -0.2) is 45.8 Å². The van der Waals surface area contributed by atoms with Crippen LogP contribution in [0.3, 0.4) is 0 Å². The molecule has 174 valence electrons. The van der Waals surface area contributed by atoms with Gasteiger partial charge in [0, 0.05) is 19.2 Å². The molecule has 3 heterocycles. The largest absolute Gasteiger partial charge is 0.378 e. The van der Waals surface area contributed by atoms with Crippen LogP contribution in [0.2, 0.25) is 0 Å². The monoisotopic (exact) mass is 462 g/mol. The molecular weight excluding hydrogens is 438 g/mol. The number of para-hydroxylation sites is 2. The van der Waals surface area contributed by atoms with E-state index in [1.807, 2.05) is 24.3 Å². The smallest absolute Gasteiger partial charge is 0.296 e. The molecule has 7 nitrogen and oxygen atoms in total. The zero-order valence-electron chi connectivity index (χ0n) is 18.5. The number of hydrogen-bond donors (Lipinski definition) is 1. The van der Waals surface area contributed by atoms with Gasteiger partial charge in [-0.15, -0.1) is 0 Å². The number of benzene rings is 2. The van der Waals surface area contributed by atoms with Crippen LogP contribution in [0.5, 0.6) is 0 Å². The fourth-order valence-corrected chi connectivity index (χ4v) is 4.56. The van der Waals surface area contributed by atoms with Gasteiger partial charge in [0.1, 0.15) is 11.6 Å². The van der Waals surface area contributed by atoms with Crippen molar-refractivity contribution < 1.29 is 13.5 Å². The molecule has 0 spiro atoms. The molecule has 6 rings (SSSR count). The van der Waals surface area contributed by atoms with Crippen molar-refractivity contribution >= 4 is 22.8 Å². The number of ether oxygens (including phenoxy) is 1. The lowest BCUT2D eigenvalue weighted by molar-refractivity contribution is 0.122. The van der Waals surface area contributed by atoms with E-state index in [1.165, 1.54) is 10.1 Å². The number of nitrogens with one attached hydrogen (secondary N) is 1. The third-order valence-corrected chi connectivity index (χ3v) is 6.47. The van der Waals surface area contributed by atoms with Crippen LogP contribution >= 0.6 is 0 Å². The second-order valence-electron chi connectivity index (χ2n) is 8.68. The summed E-state index contributed by atoms with van der Waals surface area (Å²) >= 11 is 0. The van der Waals surface area contributed by atoms with Crippen LogP contribution in [0.25, 0.3) is 16.9 Å². The number of imidazole rings is 1. The lowest BCUT2D eigenvalue weighted by Gasteiger charge is -2.29. The van der Waals surface area contributed by atoms with Crippen LogP contribution < -0.4 is 10.2 Å². The number of alkyl halides is 2. The summed E-state index contributed by atoms with van der Waals surface area (Å²) in [4.78, 5) is 15.8. The molecule has 0 amide bonds. The van der Waals surface area contributed by atoms with Crippen molar-refractivity contribution in [3.63, 3.8) is 0 Å². The predicted molar refractivity (Wildman–Crippen MR) is 126 cm³/mol. The molecule has 1 saturated heterocycles. The first-order chi connectivity index (χ1) is 16.6. The van der Waals surface area contributed by atoms with Crippen molar-refractivity contribution in [1.82, 2.24) is 19.5 Å². The van der Waals surface area contributed by atoms with Gasteiger partial charge in [-0.2, -0.15) is 9.97 Å². The first-order valence-corrected chi connectivity index (χ1v) is 11.4. The van der Waals surface area contributed by atoms with Crippen LogP contribution in [0, 0.1) is 0 Å². The molecule has 2 fully saturated rings. The number of anilines is 2. The van der Waals surface area contributed by atoms with Gasteiger partial charge in [0.15, 0.2) is 5.82 Å². The Morgan fingerprint density at radius 3 is 2.32 bits per heavy atom. The molecule has 9 heteroatoms. The van der Waals surface area contributed by atoms with Gasteiger partial charge in [0.05, 0.1) is 29.8 Å². The van der Waals surface area contributed by atoms with Crippen molar-refractivity contribution in [3.8, 4) is 5.82 Å². The summed E-state index contributed by atoms with van der Waals surface area (Å²) in [5, 5.41) is 3.52. The summed E-state index contributed by atoms with van der Waals surface area (Å²) < 4.78 is 35.0. The Bertz CT molecular complexity index is 1320. The Kier molecular flexibility index (Phi) is 5.13. The summed E-state index contributed by atoms with van der Waals surface area (Å²) in [5.41, 5.74) is 2.00. The normalized spacial score (nSPS) is 17.3. The van der Waals surface area contributed by atoms with Crippen molar-refractivity contribution in [2.75, 3.05) is 36.5 Å². The molecule has 1 aliphatic carbocycles. The number of fused-ring (bicyclic) bond motifs is 1. The van der Waals surface area contributed by atoms with E-state index in [0.717, 1.165) is 12.8 Å². The first kappa shape index (κ1) is 21.0. The van der Waals surface area contributed by atoms with Gasteiger partial charge in [-0.05, 0) is 30.5 Å². The molecule has 1 saturated carbocycles. The molecule has 0 atom stereocenters. The summed E-state index contributed by atoms with van der Waals surface area (Å²) in [6, 6.07) is 19.1. The molecule has 2 aromatic heterocycles. The van der Waals surface area contributed by atoms with E-state index >= 15 is 0 Å². The standard InChI is InChI=1S/C25H24F2N6O/c26-22(27)23-28-18-8-4-5-9-19(18)33(23)21-16-20(32-12-14-34-15-13-32)29-24(30-21)31-25(10-11-25)17-6-2-1-3-7-17/h1-9,16,22H,10-15H2,(H,29,30,31). The molecular formula is C25H24F2N6O. The quantitative estimate of drug-likeness (QED) is 0.448. The average Bonchev–Trinajstić information content (AvgIpc) is 3.55. The van der Waals surface area contributed by atoms with E-state index < -0.39 is 6.43 Å². The minimum Gasteiger partial charge on any atom is -0.378 e. The van der Waals surface area contributed by atoms with Crippen molar-refractivity contribution in [3.05, 3.63) is 72.1 Å². The number of hydrogen-bond acceptors (Lipinski definition) is 6. The second kappa shape index (κ2) is 8.32. The predicted octanol–water partition coefficient (Wildman–Crippen LogP) is 4.69. The van der Waals surface area contributed by atoms with Crippen LogP contribution in [-0.2, 0) is 10.3 Å². The number of nitrogens with zero attached hydrogens (tertiary/aromatic N) is 5. The summed E-state index contributed by atoms with van der Waals surface area (Å²) in [6.45, 7) is 2.52. The lowest BCUT2D eigenvalue weighted by Crippen LogP contribution is -2.37. The fraction of sp³-hybridized carbons (Fsp3) is 0.320. The highest BCUT2D eigenvalue weighted by atomic mass is 19.3. The first-order valence-electron chi connectivity index (χ1n) is 11.4. The molecule has 0 unspecified atom stereocenters. The highest BCUT2D eigenvalue weighted by Crippen LogP contribution is 2.48. The maximum atomic E-state index is 14.0. The maximum absolute atomic E-state index is 14.0. The Labute approximate surface area is 195 Å². The zero-order valence-corrected chi connectivity index (χ0v) is 18.5. The van der Waals surface area contributed by atoms with Crippen LogP contribution in [0.15, 0.2) is 60.7 Å². The molecule has 2 aromatic carbocycles. The molecule has 2 aliphatic rings. The lowest BCUT2D eigenvalue weighted by atomic mass is 10.1. The molecule has 0 radical (unpaired) electrons. The number of rotatable bonds is 6. The van der Waals surface area contributed by atoms with Crippen LogP contribution in [0.1, 0.15) is 30.7 Å². The van der Waals surface area contributed by atoms with E-state index in [9.17, 15) is 8.78 Å². The van der Waals surface area contributed by atoms with Gasteiger partial charge in [-0.1, -0.05) is 42.5 Å². The van der Waals surface area contributed by atoms with E-state index in [-0.39, 0.29) is 11.4 Å². The summed E-state index contributed by atoms with van der Waals surface area (Å²) in [5.74, 6) is 1.13. The average molecular weight is 463 g/mol. The van der Waals surface area contributed by atoms with Gasteiger partial charge >= 0.3 is 0 Å². The SMILES string of the molecule is FC(F)c1nc2ccccc2n1-c1cc(N2CCOCC2)nc(NC2(c3ccccc3)CC2)n1. The highest BCUT2D eigenvalue weighted by Gasteiger charge is 2.45. The second-order valence-corrected chi connectivity index (χ2v) is 8.68. The van der Waals surface area contributed by atoms with Gasteiger partial charge in [-0.25, -0.2) is 13.8 Å². The fourth-order valence-electron chi connectivity index (χ4n) is 4.56. The summed E-state index contributed by atoms with van der Waals surface area (Å²) in [6.07, 6.45) is -0.841. The Morgan fingerprint density at radius 2 is 1.59 bits per heavy atom. The minimum absolute atomic E-state index is 0.245. The van der Waals surface area contributed by atoms with Gasteiger partial charge in [0.2, 0.25) is 5.95 Å². The third kappa shape index (κ3) is 3.75. The molecule has 0 bridgehead atoms. The van der Waals surface area contributed by atoms with E-state index in [2.05, 4.69) is 27.3 Å². The van der Waals surface area contributed by atoms with Crippen molar-refractivity contribution in [2.45, 2.75) is 24.8 Å². The van der Waals surface area contributed by atoms with Gasteiger partial charge < -0.3 is 15.0 Å². The Morgan fingerprint density at radius 1 is 0.882 bits per heavy atom. The van der Waals surface area contributed by atoms with Crippen molar-refractivity contribution in [2.24, 2.45) is 0 Å². The topological polar surface area (TPSA) is 68.1 Å². The molecule has 34 heavy (non-hydrogen) atoms. The zero-order chi connectivity index (χ0) is 23.1. The number of halogens is 2. The maximum Gasteiger partial charge on any atom is 0.296 e.